The third-order valence-electron chi connectivity index (χ3n) is 3.96. The summed E-state index contributed by atoms with van der Waals surface area (Å²) in [7, 11) is 1.90. The van der Waals surface area contributed by atoms with Crippen LogP contribution in [0, 0.1) is 0 Å². The maximum atomic E-state index is 12.5. The number of aromatic nitrogens is 2. The first-order valence-corrected chi connectivity index (χ1v) is 8.46. The summed E-state index contributed by atoms with van der Waals surface area (Å²) in [5.41, 5.74) is 4.20. The van der Waals surface area contributed by atoms with Crippen molar-refractivity contribution >= 4 is 38.4 Å². The monoisotopic (exact) mass is 350 g/mol. The molecule has 0 aliphatic rings. The summed E-state index contributed by atoms with van der Waals surface area (Å²) in [6.45, 7) is 0. The van der Waals surface area contributed by atoms with Crippen LogP contribution in [0.15, 0.2) is 64.5 Å². The van der Waals surface area contributed by atoms with E-state index in [2.05, 4.69) is 15.5 Å². The molecule has 2 N–H and O–H groups in total. The van der Waals surface area contributed by atoms with E-state index in [0.717, 1.165) is 10.2 Å². The van der Waals surface area contributed by atoms with E-state index < -0.39 is 5.91 Å². The summed E-state index contributed by atoms with van der Waals surface area (Å²) < 4.78 is 3.00. The molecule has 1 amide bonds. The van der Waals surface area contributed by atoms with Crippen molar-refractivity contribution < 1.29 is 4.79 Å². The minimum atomic E-state index is -0.417. The van der Waals surface area contributed by atoms with E-state index in [1.165, 1.54) is 17.4 Å². The molecular weight excluding hydrogens is 336 g/mol. The van der Waals surface area contributed by atoms with Crippen molar-refractivity contribution in [2.45, 2.75) is 0 Å². The average Bonchev–Trinajstić information content (AvgIpc) is 2.95. The molecule has 7 heteroatoms. The zero-order chi connectivity index (χ0) is 17.4. The molecule has 0 radical (unpaired) electrons. The molecule has 0 saturated heterocycles. The largest absolute Gasteiger partial charge is 0.322 e. The van der Waals surface area contributed by atoms with Crippen molar-refractivity contribution in [3.8, 4) is 0 Å². The number of nitrogens with zero attached hydrogens (tertiary/aromatic N) is 2. The Labute approximate surface area is 146 Å². The number of fused-ring (bicyclic) bond motifs is 2. The summed E-state index contributed by atoms with van der Waals surface area (Å²) in [4.78, 5) is 27.7. The number of thiazole rings is 1. The molecule has 0 bridgehead atoms. The lowest BCUT2D eigenvalue weighted by Crippen LogP contribution is -2.24. The summed E-state index contributed by atoms with van der Waals surface area (Å²) in [6.07, 6.45) is 0. The lowest BCUT2D eigenvalue weighted by Gasteiger charge is -2.04. The van der Waals surface area contributed by atoms with Gasteiger partial charge in [0.15, 0.2) is 0 Å². The molecule has 0 spiro atoms. The van der Waals surface area contributed by atoms with Gasteiger partial charge in [0.25, 0.3) is 5.91 Å². The van der Waals surface area contributed by atoms with Gasteiger partial charge in [-0.1, -0.05) is 41.7 Å². The third-order valence-corrected chi connectivity index (χ3v) is 5.08. The molecule has 0 saturated carbocycles. The molecule has 0 unspecified atom stereocenters. The molecule has 0 atom stereocenters. The fraction of sp³-hybridized carbons (Fsp3) is 0.0556. The molecule has 0 fully saturated rings. The van der Waals surface area contributed by atoms with Gasteiger partial charge in [0, 0.05) is 24.0 Å². The second kappa shape index (κ2) is 6.03. The number of hydrogen-bond acceptors (Lipinski definition) is 4. The number of pyridine rings is 1. The average molecular weight is 350 g/mol. The molecule has 0 aliphatic heterocycles. The molecule has 4 rings (SSSR count). The van der Waals surface area contributed by atoms with Crippen molar-refractivity contribution in [2.24, 2.45) is 12.1 Å². The van der Waals surface area contributed by atoms with Crippen LogP contribution in [0.25, 0.3) is 21.1 Å². The SMILES string of the molecule is Cn1/c(=N\NC(=O)c2cc(=O)[nH]c3ccccc23)sc2ccccc21. The Morgan fingerprint density at radius 3 is 2.76 bits per heavy atom. The summed E-state index contributed by atoms with van der Waals surface area (Å²) in [5, 5.41) is 4.90. The van der Waals surface area contributed by atoms with E-state index in [0.29, 0.717) is 21.3 Å². The molecule has 0 aliphatic carbocycles. The topological polar surface area (TPSA) is 79.2 Å². The van der Waals surface area contributed by atoms with E-state index in [9.17, 15) is 9.59 Å². The smallest absolute Gasteiger partial charge is 0.272 e. The maximum Gasteiger partial charge on any atom is 0.272 e. The zero-order valence-electron chi connectivity index (χ0n) is 13.3. The Balaban J connectivity index is 1.75. The van der Waals surface area contributed by atoms with Crippen LogP contribution in [0.4, 0.5) is 0 Å². The second-order valence-corrected chi connectivity index (χ2v) is 6.57. The fourth-order valence-corrected chi connectivity index (χ4v) is 3.72. The van der Waals surface area contributed by atoms with Crippen LogP contribution in [-0.2, 0) is 7.05 Å². The van der Waals surface area contributed by atoms with Gasteiger partial charge >= 0.3 is 0 Å². The number of amides is 1. The highest BCUT2D eigenvalue weighted by Gasteiger charge is 2.11. The van der Waals surface area contributed by atoms with Crippen LogP contribution < -0.4 is 15.8 Å². The van der Waals surface area contributed by atoms with Gasteiger partial charge in [-0.15, -0.1) is 5.10 Å². The highest BCUT2D eigenvalue weighted by Crippen LogP contribution is 2.16. The Hall–Kier alpha value is -3.19. The number of rotatable bonds is 2. The summed E-state index contributed by atoms with van der Waals surface area (Å²) in [5.74, 6) is -0.417. The van der Waals surface area contributed by atoms with E-state index >= 15 is 0 Å². The maximum absolute atomic E-state index is 12.5. The Kier molecular flexibility index (Phi) is 3.70. The zero-order valence-corrected chi connectivity index (χ0v) is 14.1. The summed E-state index contributed by atoms with van der Waals surface area (Å²) >= 11 is 1.48. The van der Waals surface area contributed by atoms with Gasteiger partial charge in [-0.3, -0.25) is 9.59 Å². The number of carbonyl (C=O) groups excluding carboxylic acids is 1. The Morgan fingerprint density at radius 1 is 1.16 bits per heavy atom. The van der Waals surface area contributed by atoms with Gasteiger partial charge in [0.05, 0.1) is 15.8 Å². The highest BCUT2D eigenvalue weighted by atomic mass is 32.1. The first kappa shape index (κ1) is 15.3. The predicted octanol–water partition coefficient (Wildman–Crippen LogP) is 2.33. The molecule has 2 aromatic heterocycles. The van der Waals surface area contributed by atoms with Gasteiger partial charge in [-0.05, 0) is 18.2 Å². The van der Waals surface area contributed by atoms with Crippen molar-refractivity contribution in [3.05, 3.63) is 75.3 Å². The number of aryl methyl sites for hydroxylation is 1. The van der Waals surface area contributed by atoms with Gasteiger partial charge in [0.1, 0.15) is 0 Å². The predicted molar refractivity (Wildman–Crippen MR) is 98.4 cm³/mol. The molecular formula is C18H14N4O2S. The van der Waals surface area contributed by atoms with Crippen LogP contribution >= 0.6 is 11.3 Å². The first-order valence-electron chi connectivity index (χ1n) is 7.64. The van der Waals surface area contributed by atoms with Gasteiger partial charge in [0.2, 0.25) is 10.4 Å². The molecule has 124 valence electrons. The van der Waals surface area contributed by atoms with Crippen LogP contribution in [-0.4, -0.2) is 15.5 Å². The standard InChI is InChI=1S/C18H14N4O2S/c1-22-14-8-4-5-9-15(14)25-18(22)21-20-17(24)12-10-16(23)19-13-7-3-2-6-11(12)13/h2-10H,1H3,(H,19,23)(H,20,24)/b21-18+. The van der Waals surface area contributed by atoms with Crippen molar-refractivity contribution in [3.63, 3.8) is 0 Å². The number of aromatic amines is 1. The van der Waals surface area contributed by atoms with Crippen molar-refractivity contribution in [1.29, 1.82) is 0 Å². The number of carbonyl (C=O) groups is 1. The van der Waals surface area contributed by atoms with E-state index in [1.54, 1.807) is 12.1 Å². The fourth-order valence-electron chi connectivity index (χ4n) is 2.74. The lowest BCUT2D eigenvalue weighted by atomic mass is 10.1. The molecule has 2 aromatic carbocycles. The number of benzene rings is 2. The third kappa shape index (κ3) is 2.74. The van der Waals surface area contributed by atoms with Crippen LogP contribution in [0.1, 0.15) is 10.4 Å². The Morgan fingerprint density at radius 2 is 1.92 bits per heavy atom. The van der Waals surface area contributed by atoms with E-state index in [4.69, 9.17) is 0 Å². The summed E-state index contributed by atoms with van der Waals surface area (Å²) in [6, 6.07) is 16.4. The molecule has 4 aromatic rings. The second-order valence-electron chi connectivity index (χ2n) is 5.56. The van der Waals surface area contributed by atoms with Crippen LogP contribution in [0.2, 0.25) is 0 Å². The van der Waals surface area contributed by atoms with E-state index in [-0.39, 0.29) is 5.56 Å². The molecule has 25 heavy (non-hydrogen) atoms. The molecule has 2 heterocycles. The lowest BCUT2D eigenvalue weighted by molar-refractivity contribution is 0.0954. The van der Waals surface area contributed by atoms with Gasteiger partial charge in [-0.25, -0.2) is 5.43 Å². The number of nitrogens with one attached hydrogen (secondary N) is 2. The van der Waals surface area contributed by atoms with E-state index in [1.807, 2.05) is 48.0 Å². The van der Waals surface area contributed by atoms with Gasteiger partial charge < -0.3 is 9.55 Å². The van der Waals surface area contributed by atoms with Crippen LogP contribution in [0.3, 0.4) is 0 Å². The van der Waals surface area contributed by atoms with Crippen LogP contribution in [0.5, 0.6) is 0 Å². The first-order chi connectivity index (χ1) is 12.1. The number of H-pyrrole nitrogens is 1. The quantitative estimate of drug-likeness (QED) is 0.544. The number of hydrogen-bond donors (Lipinski definition) is 2. The minimum absolute atomic E-state index is 0.298. The number of para-hydroxylation sites is 2. The van der Waals surface area contributed by atoms with Gasteiger partial charge in [-0.2, -0.15) is 0 Å². The minimum Gasteiger partial charge on any atom is -0.322 e. The highest BCUT2D eigenvalue weighted by molar-refractivity contribution is 7.16. The van der Waals surface area contributed by atoms with Crippen molar-refractivity contribution in [2.75, 3.05) is 0 Å². The molecule has 6 nitrogen and oxygen atoms in total. The van der Waals surface area contributed by atoms with Crippen molar-refractivity contribution in [1.82, 2.24) is 15.0 Å². The Bertz CT molecular complexity index is 1230. The normalized spacial score (nSPS) is 12.0.